The molecule has 2 N–H and O–H groups in total. The van der Waals surface area contributed by atoms with Gasteiger partial charge < -0.3 is 19.7 Å². The third-order valence-corrected chi connectivity index (χ3v) is 3.53. The van der Waals surface area contributed by atoms with Gasteiger partial charge >= 0.3 is 0 Å². The molecule has 0 saturated carbocycles. The zero-order valence-corrected chi connectivity index (χ0v) is 11.8. The maximum atomic E-state index is 9.53. The summed E-state index contributed by atoms with van der Waals surface area (Å²) in [6, 6.07) is -0.465. The summed E-state index contributed by atoms with van der Waals surface area (Å²) < 4.78 is 11.1. The summed E-state index contributed by atoms with van der Waals surface area (Å²) in [5.74, 6) is 1.06. The fourth-order valence-electron chi connectivity index (χ4n) is 2.05. The van der Waals surface area contributed by atoms with Crippen LogP contribution in [0.3, 0.4) is 0 Å². The molecule has 0 saturated heterocycles. The Morgan fingerprint density at radius 2 is 1.37 bits per heavy atom. The molecule has 19 heavy (non-hydrogen) atoms. The fourth-order valence-corrected chi connectivity index (χ4v) is 2.05. The Morgan fingerprint density at radius 3 is 1.63 bits per heavy atom. The minimum absolute atomic E-state index is 0.233. The lowest BCUT2D eigenvalue weighted by molar-refractivity contribution is 0.141. The number of rotatable bonds is 4. The molecule has 6 heteroatoms. The molecule has 0 aromatic heterocycles. The van der Waals surface area contributed by atoms with Gasteiger partial charge in [-0.1, -0.05) is 0 Å². The molecule has 0 aromatic carbocycles. The van der Waals surface area contributed by atoms with Crippen LogP contribution in [-0.2, 0) is 9.47 Å². The highest BCUT2D eigenvalue weighted by molar-refractivity contribution is 6.05. The predicted molar refractivity (Wildman–Crippen MR) is 71.5 cm³/mol. The van der Waals surface area contributed by atoms with Crippen LogP contribution in [0.2, 0.25) is 0 Å². The van der Waals surface area contributed by atoms with Gasteiger partial charge in [-0.05, 0) is 27.7 Å². The van der Waals surface area contributed by atoms with Crippen molar-refractivity contribution in [3.05, 3.63) is 0 Å². The van der Waals surface area contributed by atoms with Gasteiger partial charge in [-0.3, -0.25) is 0 Å². The molecular weight excluding hydrogens is 248 g/mol. The van der Waals surface area contributed by atoms with Crippen LogP contribution in [0.1, 0.15) is 27.7 Å². The van der Waals surface area contributed by atoms with Crippen molar-refractivity contribution in [2.45, 2.75) is 52.0 Å². The monoisotopic (exact) mass is 270 g/mol. The summed E-state index contributed by atoms with van der Waals surface area (Å²) in [6.45, 7) is 7.98. The summed E-state index contributed by atoms with van der Waals surface area (Å²) in [5.41, 5.74) is -0.576. The number of hydrogen-bond donors (Lipinski definition) is 2. The highest BCUT2D eigenvalue weighted by Gasteiger charge is 2.42. The second kappa shape index (κ2) is 5.09. The normalized spacial score (nSPS) is 30.2. The zero-order valence-electron chi connectivity index (χ0n) is 11.8. The first-order valence-corrected chi connectivity index (χ1v) is 6.60. The average molecular weight is 270 g/mol. The van der Waals surface area contributed by atoms with E-state index in [1.807, 2.05) is 13.8 Å². The summed E-state index contributed by atoms with van der Waals surface area (Å²) in [4.78, 5) is 8.79. The van der Waals surface area contributed by atoms with Crippen molar-refractivity contribution < 1.29 is 19.7 Å². The zero-order chi connectivity index (χ0) is 14.2. The number of aliphatic imine (C=N–C) groups is 2. The number of ether oxygens (including phenoxy) is 2. The Balaban J connectivity index is 2.15. The van der Waals surface area contributed by atoms with E-state index in [2.05, 4.69) is 9.98 Å². The Kier molecular flexibility index (Phi) is 3.82. The van der Waals surface area contributed by atoms with Crippen LogP contribution in [0, 0.1) is 5.41 Å². The molecule has 2 rings (SSSR count). The van der Waals surface area contributed by atoms with E-state index in [1.54, 1.807) is 13.8 Å². The molecule has 2 aliphatic rings. The quantitative estimate of drug-likeness (QED) is 0.773. The summed E-state index contributed by atoms with van der Waals surface area (Å²) in [6.07, 6.45) is -1.07. The first kappa shape index (κ1) is 14.3. The van der Waals surface area contributed by atoms with Crippen molar-refractivity contribution in [1.82, 2.24) is 0 Å². The lowest BCUT2D eigenvalue weighted by atomic mass is 9.93. The second-order valence-corrected chi connectivity index (χ2v) is 5.73. The SMILES string of the molecule is C[C@H](O)[C@H]1COC(C(C)(C)C2=N[C@@H]([C@H](C)O)CO2)=N1. The molecule has 0 fully saturated rings. The van der Waals surface area contributed by atoms with Gasteiger partial charge in [0.2, 0.25) is 0 Å². The van der Waals surface area contributed by atoms with E-state index in [0.717, 1.165) is 0 Å². The molecule has 4 atom stereocenters. The first-order valence-electron chi connectivity index (χ1n) is 6.60. The molecule has 6 nitrogen and oxygen atoms in total. The topological polar surface area (TPSA) is 83.6 Å². The third-order valence-electron chi connectivity index (χ3n) is 3.53. The molecule has 0 spiro atoms. The van der Waals surface area contributed by atoms with Gasteiger partial charge in [0.1, 0.15) is 30.7 Å². The highest BCUT2D eigenvalue weighted by Crippen LogP contribution is 2.29. The lowest BCUT2D eigenvalue weighted by Crippen LogP contribution is -2.34. The van der Waals surface area contributed by atoms with E-state index in [-0.39, 0.29) is 12.1 Å². The minimum atomic E-state index is -0.576. The lowest BCUT2D eigenvalue weighted by Gasteiger charge is -2.22. The standard InChI is InChI=1S/C13H22N2O4/c1-7(16)9-5-18-11(14-9)13(3,4)12-15-10(6-19-12)8(2)17/h7-10,16-17H,5-6H2,1-4H3/t7-,8-,9+,10+/m0/s1. The van der Waals surface area contributed by atoms with Crippen molar-refractivity contribution in [2.75, 3.05) is 13.2 Å². The van der Waals surface area contributed by atoms with Crippen LogP contribution in [0.4, 0.5) is 0 Å². The van der Waals surface area contributed by atoms with E-state index in [1.165, 1.54) is 0 Å². The smallest absolute Gasteiger partial charge is 0.199 e. The van der Waals surface area contributed by atoms with E-state index in [4.69, 9.17) is 9.47 Å². The van der Waals surface area contributed by atoms with E-state index in [0.29, 0.717) is 25.0 Å². The molecule has 0 aliphatic carbocycles. The van der Waals surface area contributed by atoms with E-state index < -0.39 is 17.6 Å². The second-order valence-electron chi connectivity index (χ2n) is 5.73. The number of aliphatic hydroxyl groups is 2. The molecule has 0 aromatic rings. The van der Waals surface area contributed by atoms with Crippen LogP contribution in [0.25, 0.3) is 0 Å². The maximum absolute atomic E-state index is 9.53. The molecular formula is C13H22N2O4. The highest BCUT2D eigenvalue weighted by atomic mass is 16.5. The van der Waals surface area contributed by atoms with Crippen LogP contribution < -0.4 is 0 Å². The van der Waals surface area contributed by atoms with Crippen molar-refractivity contribution in [3.63, 3.8) is 0 Å². The fraction of sp³-hybridized carbons (Fsp3) is 0.846. The van der Waals surface area contributed by atoms with Crippen LogP contribution in [0.5, 0.6) is 0 Å². The van der Waals surface area contributed by atoms with Crippen molar-refractivity contribution >= 4 is 11.8 Å². The Hall–Kier alpha value is -1.14. The van der Waals surface area contributed by atoms with Crippen molar-refractivity contribution in [3.8, 4) is 0 Å². The number of nitrogens with zero attached hydrogens (tertiary/aromatic N) is 2. The predicted octanol–water partition coefficient (Wildman–Crippen LogP) is 0.369. The minimum Gasteiger partial charge on any atom is -0.478 e. The Bertz CT molecular complexity index is 365. The largest absolute Gasteiger partial charge is 0.478 e. The van der Waals surface area contributed by atoms with Gasteiger partial charge in [-0.25, -0.2) is 9.98 Å². The third kappa shape index (κ3) is 2.74. The molecule has 0 unspecified atom stereocenters. The van der Waals surface area contributed by atoms with Crippen LogP contribution in [0.15, 0.2) is 9.98 Å². The summed E-state index contributed by atoms with van der Waals surface area (Å²) in [5, 5.41) is 19.1. The molecule has 0 bridgehead atoms. The average Bonchev–Trinajstić information content (AvgIpc) is 2.99. The van der Waals surface area contributed by atoms with Crippen molar-refractivity contribution in [1.29, 1.82) is 0 Å². The molecule has 0 radical (unpaired) electrons. The van der Waals surface area contributed by atoms with Gasteiger partial charge in [0.25, 0.3) is 0 Å². The summed E-state index contributed by atoms with van der Waals surface area (Å²) >= 11 is 0. The van der Waals surface area contributed by atoms with Gasteiger partial charge in [0.15, 0.2) is 11.8 Å². The van der Waals surface area contributed by atoms with Crippen LogP contribution in [-0.4, -0.2) is 59.5 Å². The van der Waals surface area contributed by atoms with Crippen molar-refractivity contribution in [2.24, 2.45) is 15.4 Å². The molecule has 2 heterocycles. The first-order chi connectivity index (χ1) is 8.82. The molecule has 0 amide bonds. The molecule has 108 valence electrons. The van der Waals surface area contributed by atoms with Gasteiger partial charge in [-0.2, -0.15) is 0 Å². The Morgan fingerprint density at radius 1 is 1.00 bits per heavy atom. The van der Waals surface area contributed by atoms with Gasteiger partial charge in [-0.15, -0.1) is 0 Å². The Labute approximate surface area is 113 Å². The number of hydrogen-bond acceptors (Lipinski definition) is 6. The van der Waals surface area contributed by atoms with E-state index >= 15 is 0 Å². The van der Waals surface area contributed by atoms with E-state index in [9.17, 15) is 10.2 Å². The van der Waals surface area contributed by atoms with Crippen LogP contribution >= 0.6 is 0 Å². The summed E-state index contributed by atoms with van der Waals surface area (Å²) in [7, 11) is 0. The van der Waals surface area contributed by atoms with Gasteiger partial charge in [0, 0.05) is 0 Å². The molecule has 2 aliphatic heterocycles. The maximum Gasteiger partial charge on any atom is 0.199 e. The van der Waals surface area contributed by atoms with Gasteiger partial charge in [0.05, 0.1) is 12.2 Å². The number of aliphatic hydroxyl groups excluding tert-OH is 2.